The van der Waals surface area contributed by atoms with E-state index in [2.05, 4.69) is 48.7 Å². The van der Waals surface area contributed by atoms with Crippen LogP contribution >= 0.6 is 0 Å². The van der Waals surface area contributed by atoms with E-state index in [1.807, 2.05) is 48.5 Å². The fourth-order valence-electron chi connectivity index (χ4n) is 4.70. The summed E-state index contributed by atoms with van der Waals surface area (Å²) in [5.41, 5.74) is 4.20. The van der Waals surface area contributed by atoms with Crippen LogP contribution in [0.3, 0.4) is 0 Å². The molecule has 0 saturated carbocycles. The molecule has 3 aromatic carbocycles. The molecule has 0 aromatic heterocycles. The van der Waals surface area contributed by atoms with Crippen LogP contribution in [0.4, 0.5) is 10.5 Å². The van der Waals surface area contributed by atoms with Crippen molar-refractivity contribution in [1.29, 1.82) is 0 Å². The van der Waals surface area contributed by atoms with Gasteiger partial charge in [-0.05, 0) is 47.4 Å². The van der Waals surface area contributed by atoms with E-state index in [-0.39, 0.29) is 18.0 Å². The number of anilines is 1. The average Bonchev–Trinajstić information content (AvgIpc) is 2.92. The highest BCUT2D eigenvalue weighted by molar-refractivity contribution is 5.89. The van der Waals surface area contributed by atoms with Crippen molar-refractivity contribution in [2.45, 2.75) is 64.3 Å². The Morgan fingerprint density at radius 1 is 0.833 bits per heavy atom. The first kappa shape index (κ1) is 25.6. The van der Waals surface area contributed by atoms with Gasteiger partial charge in [0.05, 0.1) is 0 Å². The molecule has 1 aliphatic rings. The monoisotopic (exact) mass is 486 g/mol. The molecular formula is C31H38N2O3. The zero-order valence-electron chi connectivity index (χ0n) is 21.5. The quantitative estimate of drug-likeness (QED) is 0.272. The fraction of sp³-hybridized carbons (Fsp3) is 0.387. The molecule has 0 radical (unpaired) electrons. The topological polar surface area (TPSA) is 59.6 Å². The number of rotatable bonds is 11. The van der Waals surface area contributed by atoms with Crippen LogP contribution in [0, 0.1) is 0 Å². The SMILES string of the molecule is CCCCCCCC(NC(=O)Nc1ccc(-c2ccccc2)cc1)C(C)c1ccc2c(c1)OCCO2. The van der Waals surface area contributed by atoms with Gasteiger partial charge < -0.3 is 20.1 Å². The lowest BCUT2D eigenvalue weighted by Crippen LogP contribution is -2.41. The Kier molecular flexibility index (Phi) is 9.26. The van der Waals surface area contributed by atoms with Gasteiger partial charge in [-0.3, -0.25) is 0 Å². The van der Waals surface area contributed by atoms with Gasteiger partial charge in [-0.25, -0.2) is 4.79 Å². The standard InChI is InChI=1S/C31H38N2O3/c1-3-4-5-6-10-13-28(23(2)26-16-19-29-30(22-26)36-21-20-35-29)33-31(34)32-27-17-14-25(15-18-27)24-11-8-7-9-12-24/h7-9,11-12,14-19,22-23,28H,3-6,10,13,20-21H2,1-2H3,(H2,32,33,34). The van der Waals surface area contributed by atoms with Crippen molar-refractivity contribution in [2.24, 2.45) is 0 Å². The molecule has 2 unspecified atom stereocenters. The number of carbonyl (C=O) groups excluding carboxylic acids is 1. The van der Waals surface area contributed by atoms with Crippen LogP contribution in [0.2, 0.25) is 0 Å². The van der Waals surface area contributed by atoms with Gasteiger partial charge in [-0.15, -0.1) is 0 Å². The average molecular weight is 487 g/mol. The van der Waals surface area contributed by atoms with Crippen LogP contribution in [-0.4, -0.2) is 25.3 Å². The summed E-state index contributed by atoms with van der Waals surface area (Å²) in [6.45, 7) is 5.55. The molecule has 0 fully saturated rings. The number of carbonyl (C=O) groups is 1. The molecule has 190 valence electrons. The summed E-state index contributed by atoms with van der Waals surface area (Å²) < 4.78 is 11.5. The van der Waals surface area contributed by atoms with E-state index in [0.29, 0.717) is 13.2 Å². The maximum absolute atomic E-state index is 13.0. The van der Waals surface area contributed by atoms with Crippen LogP contribution < -0.4 is 20.1 Å². The Morgan fingerprint density at radius 2 is 1.53 bits per heavy atom. The highest BCUT2D eigenvalue weighted by Crippen LogP contribution is 2.34. The molecule has 5 nitrogen and oxygen atoms in total. The van der Waals surface area contributed by atoms with Gasteiger partial charge >= 0.3 is 6.03 Å². The zero-order valence-corrected chi connectivity index (χ0v) is 21.5. The number of hydrogen-bond donors (Lipinski definition) is 2. The van der Waals surface area contributed by atoms with Gasteiger partial charge in [-0.2, -0.15) is 0 Å². The Morgan fingerprint density at radius 3 is 2.28 bits per heavy atom. The number of hydrogen-bond acceptors (Lipinski definition) is 3. The second-order valence-corrected chi connectivity index (χ2v) is 9.54. The summed E-state index contributed by atoms with van der Waals surface area (Å²) in [7, 11) is 0. The second-order valence-electron chi connectivity index (χ2n) is 9.54. The van der Waals surface area contributed by atoms with Gasteiger partial charge in [0.25, 0.3) is 0 Å². The zero-order chi connectivity index (χ0) is 25.2. The molecule has 2 amide bonds. The summed E-state index contributed by atoms with van der Waals surface area (Å²) in [6.07, 6.45) is 6.92. The van der Waals surface area contributed by atoms with Gasteiger partial charge in [0, 0.05) is 17.6 Å². The van der Waals surface area contributed by atoms with Gasteiger partial charge in [0.1, 0.15) is 13.2 Å². The van der Waals surface area contributed by atoms with E-state index in [9.17, 15) is 4.79 Å². The van der Waals surface area contributed by atoms with E-state index in [1.165, 1.54) is 25.7 Å². The smallest absolute Gasteiger partial charge is 0.319 e. The molecule has 3 aromatic rings. The first-order chi connectivity index (χ1) is 17.6. The number of urea groups is 1. The normalized spacial score (nSPS) is 14.1. The predicted octanol–water partition coefficient (Wildman–Crippen LogP) is 7.78. The van der Waals surface area contributed by atoms with Crippen molar-refractivity contribution in [3.8, 4) is 22.6 Å². The molecule has 2 atom stereocenters. The van der Waals surface area contributed by atoms with Crippen molar-refractivity contribution in [3.63, 3.8) is 0 Å². The van der Waals surface area contributed by atoms with Crippen molar-refractivity contribution in [2.75, 3.05) is 18.5 Å². The second kappa shape index (κ2) is 13.0. The number of fused-ring (bicyclic) bond motifs is 1. The number of nitrogens with one attached hydrogen (secondary N) is 2. The van der Waals surface area contributed by atoms with Crippen LogP contribution in [0.15, 0.2) is 72.8 Å². The van der Waals surface area contributed by atoms with E-state index in [1.54, 1.807) is 0 Å². The molecule has 4 rings (SSSR count). The molecular weight excluding hydrogens is 448 g/mol. The minimum Gasteiger partial charge on any atom is -0.486 e. The van der Waals surface area contributed by atoms with E-state index < -0.39 is 0 Å². The minimum absolute atomic E-state index is 0.0118. The van der Waals surface area contributed by atoms with E-state index in [4.69, 9.17) is 9.47 Å². The van der Waals surface area contributed by atoms with E-state index >= 15 is 0 Å². The summed E-state index contributed by atoms with van der Waals surface area (Å²) in [5.74, 6) is 1.71. The first-order valence-electron chi connectivity index (χ1n) is 13.3. The predicted molar refractivity (Wildman–Crippen MR) is 147 cm³/mol. The highest BCUT2D eigenvalue weighted by atomic mass is 16.6. The Hall–Kier alpha value is -3.47. The highest BCUT2D eigenvalue weighted by Gasteiger charge is 2.23. The molecule has 1 aliphatic heterocycles. The van der Waals surface area contributed by atoms with Gasteiger partial charge in [0.2, 0.25) is 0 Å². The molecule has 1 heterocycles. The molecule has 5 heteroatoms. The number of benzene rings is 3. The van der Waals surface area contributed by atoms with Crippen molar-refractivity contribution in [3.05, 3.63) is 78.4 Å². The lowest BCUT2D eigenvalue weighted by Gasteiger charge is -2.27. The summed E-state index contributed by atoms with van der Waals surface area (Å²) >= 11 is 0. The molecule has 0 bridgehead atoms. The number of ether oxygens (including phenoxy) is 2. The molecule has 0 saturated heterocycles. The van der Waals surface area contributed by atoms with Crippen LogP contribution in [-0.2, 0) is 0 Å². The molecule has 0 spiro atoms. The maximum Gasteiger partial charge on any atom is 0.319 e. The first-order valence-corrected chi connectivity index (χ1v) is 13.3. The fourth-order valence-corrected chi connectivity index (χ4v) is 4.70. The summed E-state index contributed by atoms with van der Waals surface area (Å²) in [4.78, 5) is 13.0. The van der Waals surface area contributed by atoms with Crippen LogP contribution in [0.1, 0.15) is 63.9 Å². The third-order valence-corrected chi connectivity index (χ3v) is 6.88. The van der Waals surface area contributed by atoms with Crippen molar-refractivity contribution in [1.82, 2.24) is 5.32 Å². The van der Waals surface area contributed by atoms with Crippen LogP contribution in [0.5, 0.6) is 11.5 Å². The Balaban J connectivity index is 1.41. The minimum atomic E-state index is -0.176. The van der Waals surface area contributed by atoms with Crippen molar-refractivity contribution < 1.29 is 14.3 Å². The maximum atomic E-state index is 13.0. The molecule has 2 N–H and O–H groups in total. The third kappa shape index (κ3) is 7.03. The van der Waals surface area contributed by atoms with Crippen molar-refractivity contribution >= 4 is 11.7 Å². The summed E-state index contributed by atoms with van der Waals surface area (Å²) in [6, 6.07) is 24.2. The largest absolute Gasteiger partial charge is 0.486 e. The lowest BCUT2D eigenvalue weighted by molar-refractivity contribution is 0.171. The third-order valence-electron chi connectivity index (χ3n) is 6.88. The molecule has 0 aliphatic carbocycles. The Bertz CT molecular complexity index is 1100. The lowest BCUT2D eigenvalue weighted by atomic mass is 9.89. The number of amides is 2. The molecule has 36 heavy (non-hydrogen) atoms. The number of unbranched alkanes of at least 4 members (excludes halogenated alkanes) is 4. The summed E-state index contributed by atoms with van der Waals surface area (Å²) in [5, 5.41) is 6.28. The van der Waals surface area contributed by atoms with Gasteiger partial charge in [0.15, 0.2) is 11.5 Å². The van der Waals surface area contributed by atoms with Crippen LogP contribution in [0.25, 0.3) is 11.1 Å². The van der Waals surface area contributed by atoms with E-state index in [0.717, 1.165) is 46.7 Å². The van der Waals surface area contributed by atoms with Gasteiger partial charge in [-0.1, -0.05) is 94.5 Å². The Labute approximate surface area is 215 Å².